The van der Waals surface area contributed by atoms with Crippen molar-refractivity contribution in [2.24, 2.45) is 17.3 Å². The highest BCUT2D eigenvalue weighted by Gasteiger charge is 2.37. The molecule has 0 amide bonds. The SMILES string of the molecule is COC(=O)C(CC(=O)CC(C)(C)C)C(=O)C1CCC1. The molecule has 1 atom stereocenters. The van der Waals surface area contributed by atoms with Crippen molar-refractivity contribution < 1.29 is 19.1 Å². The molecule has 0 saturated heterocycles. The number of ether oxygens (including phenoxy) is 1. The lowest BCUT2D eigenvalue weighted by Crippen LogP contribution is -2.35. The molecule has 4 heteroatoms. The summed E-state index contributed by atoms with van der Waals surface area (Å²) in [5, 5.41) is 0. The number of ketones is 2. The first-order valence-corrected chi connectivity index (χ1v) is 6.88. The monoisotopic (exact) mass is 268 g/mol. The van der Waals surface area contributed by atoms with Crippen molar-refractivity contribution in [1.29, 1.82) is 0 Å². The number of hydrogen-bond acceptors (Lipinski definition) is 4. The van der Waals surface area contributed by atoms with Crippen molar-refractivity contribution in [2.75, 3.05) is 7.11 Å². The molecule has 0 spiro atoms. The molecule has 0 N–H and O–H groups in total. The van der Waals surface area contributed by atoms with Crippen LogP contribution < -0.4 is 0 Å². The molecule has 0 aromatic rings. The van der Waals surface area contributed by atoms with Crippen LogP contribution in [0.3, 0.4) is 0 Å². The van der Waals surface area contributed by atoms with Crippen LogP contribution in [0.1, 0.15) is 52.9 Å². The Morgan fingerprint density at radius 2 is 1.79 bits per heavy atom. The van der Waals surface area contributed by atoms with Gasteiger partial charge in [0.25, 0.3) is 0 Å². The minimum atomic E-state index is -0.898. The molecule has 1 aliphatic carbocycles. The molecule has 0 bridgehead atoms. The van der Waals surface area contributed by atoms with Crippen molar-refractivity contribution in [3.8, 4) is 0 Å². The maximum absolute atomic E-state index is 12.2. The highest BCUT2D eigenvalue weighted by Crippen LogP contribution is 2.31. The van der Waals surface area contributed by atoms with Crippen molar-refractivity contribution in [2.45, 2.75) is 52.9 Å². The Bertz CT molecular complexity index is 361. The summed E-state index contributed by atoms with van der Waals surface area (Å²) in [7, 11) is 1.26. The summed E-state index contributed by atoms with van der Waals surface area (Å²) in [6.45, 7) is 5.89. The van der Waals surface area contributed by atoms with Crippen molar-refractivity contribution >= 4 is 17.5 Å². The quantitative estimate of drug-likeness (QED) is 0.548. The molecule has 0 radical (unpaired) electrons. The van der Waals surface area contributed by atoms with Crippen molar-refractivity contribution in [3.05, 3.63) is 0 Å². The molecule has 19 heavy (non-hydrogen) atoms. The molecular formula is C15H24O4. The van der Waals surface area contributed by atoms with E-state index in [1.807, 2.05) is 20.8 Å². The van der Waals surface area contributed by atoms with E-state index in [-0.39, 0.29) is 29.3 Å². The maximum atomic E-state index is 12.2. The van der Waals surface area contributed by atoms with Crippen LogP contribution in [0.4, 0.5) is 0 Å². The Kier molecular flexibility index (Phi) is 5.27. The predicted octanol–water partition coefficient (Wildman–Crippen LogP) is 2.54. The Labute approximate surface area is 114 Å². The Morgan fingerprint density at radius 1 is 1.21 bits per heavy atom. The van der Waals surface area contributed by atoms with Crippen LogP contribution in [0.2, 0.25) is 0 Å². The molecule has 1 saturated carbocycles. The van der Waals surface area contributed by atoms with Gasteiger partial charge in [-0.1, -0.05) is 27.2 Å². The smallest absolute Gasteiger partial charge is 0.316 e. The predicted molar refractivity (Wildman–Crippen MR) is 71.6 cm³/mol. The zero-order valence-electron chi connectivity index (χ0n) is 12.3. The van der Waals surface area contributed by atoms with Crippen LogP contribution >= 0.6 is 0 Å². The minimum Gasteiger partial charge on any atom is -0.468 e. The second-order valence-corrected chi connectivity index (χ2v) is 6.59. The largest absolute Gasteiger partial charge is 0.468 e. The lowest BCUT2D eigenvalue weighted by molar-refractivity contribution is -0.153. The van der Waals surface area contributed by atoms with E-state index < -0.39 is 11.9 Å². The van der Waals surface area contributed by atoms with Gasteiger partial charge in [0.2, 0.25) is 0 Å². The normalized spacial score (nSPS) is 17.5. The zero-order chi connectivity index (χ0) is 14.6. The fourth-order valence-corrected chi connectivity index (χ4v) is 2.31. The summed E-state index contributed by atoms with van der Waals surface area (Å²) >= 11 is 0. The van der Waals surface area contributed by atoms with Crippen LogP contribution in [0.25, 0.3) is 0 Å². The number of Topliss-reactive ketones (excluding diaryl/α,β-unsaturated/α-hetero) is 2. The number of hydrogen-bond donors (Lipinski definition) is 0. The van der Waals surface area contributed by atoms with E-state index in [0.29, 0.717) is 6.42 Å². The van der Waals surface area contributed by atoms with Crippen LogP contribution in [0.5, 0.6) is 0 Å². The lowest BCUT2D eigenvalue weighted by atomic mass is 9.76. The molecule has 0 aromatic heterocycles. The Balaban J connectivity index is 2.66. The van der Waals surface area contributed by atoms with Crippen LogP contribution in [-0.4, -0.2) is 24.6 Å². The van der Waals surface area contributed by atoms with Crippen LogP contribution in [-0.2, 0) is 19.1 Å². The van der Waals surface area contributed by atoms with Crippen LogP contribution in [0, 0.1) is 17.3 Å². The fourth-order valence-electron chi connectivity index (χ4n) is 2.31. The molecule has 4 nitrogen and oxygen atoms in total. The van der Waals surface area contributed by atoms with E-state index in [2.05, 4.69) is 4.74 Å². The highest BCUT2D eigenvalue weighted by atomic mass is 16.5. The van der Waals surface area contributed by atoms with Gasteiger partial charge in [0.1, 0.15) is 11.7 Å². The first-order valence-electron chi connectivity index (χ1n) is 6.88. The van der Waals surface area contributed by atoms with Gasteiger partial charge in [-0.25, -0.2) is 0 Å². The van der Waals surface area contributed by atoms with Crippen molar-refractivity contribution in [1.82, 2.24) is 0 Å². The summed E-state index contributed by atoms with van der Waals surface area (Å²) in [6, 6.07) is 0. The zero-order valence-corrected chi connectivity index (χ0v) is 12.3. The average Bonchev–Trinajstić information content (AvgIpc) is 2.19. The van der Waals surface area contributed by atoms with Gasteiger partial charge in [-0.05, 0) is 18.3 Å². The number of methoxy groups -OCH3 is 1. The van der Waals surface area contributed by atoms with Gasteiger partial charge < -0.3 is 4.74 Å². The van der Waals surface area contributed by atoms with Gasteiger partial charge in [-0.3, -0.25) is 14.4 Å². The molecule has 0 aromatic carbocycles. The van der Waals surface area contributed by atoms with Gasteiger partial charge in [-0.15, -0.1) is 0 Å². The fraction of sp³-hybridized carbons (Fsp3) is 0.800. The van der Waals surface area contributed by atoms with Crippen molar-refractivity contribution in [3.63, 3.8) is 0 Å². The lowest BCUT2D eigenvalue weighted by Gasteiger charge is -2.27. The summed E-state index contributed by atoms with van der Waals surface area (Å²) < 4.78 is 4.67. The van der Waals surface area contributed by atoms with Gasteiger partial charge in [0, 0.05) is 18.8 Å². The highest BCUT2D eigenvalue weighted by molar-refractivity contribution is 6.03. The Hall–Kier alpha value is -1.19. The third kappa shape index (κ3) is 4.77. The average molecular weight is 268 g/mol. The van der Waals surface area contributed by atoms with Gasteiger partial charge in [0.15, 0.2) is 5.78 Å². The Morgan fingerprint density at radius 3 is 2.16 bits per heavy atom. The van der Waals surface area contributed by atoms with E-state index in [4.69, 9.17) is 0 Å². The molecule has 1 aliphatic rings. The number of carbonyl (C=O) groups is 3. The van der Waals surface area contributed by atoms with Crippen LogP contribution in [0.15, 0.2) is 0 Å². The van der Waals surface area contributed by atoms with Gasteiger partial charge in [-0.2, -0.15) is 0 Å². The topological polar surface area (TPSA) is 60.4 Å². The molecule has 1 fully saturated rings. The number of rotatable bonds is 6. The molecule has 0 aliphatic heterocycles. The van der Waals surface area contributed by atoms with E-state index in [9.17, 15) is 14.4 Å². The first-order chi connectivity index (χ1) is 8.74. The summed E-state index contributed by atoms with van der Waals surface area (Å²) in [5.41, 5.74) is -0.128. The molecule has 108 valence electrons. The van der Waals surface area contributed by atoms with E-state index in [0.717, 1.165) is 19.3 Å². The third-order valence-corrected chi connectivity index (χ3v) is 3.50. The summed E-state index contributed by atoms with van der Waals surface area (Å²) in [5.74, 6) is -1.67. The molecule has 1 rings (SSSR count). The first kappa shape index (κ1) is 15.9. The summed E-state index contributed by atoms with van der Waals surface area (Å²) in [6.07, 6.45) is 3.05. The maximum Gasteiger partial charge on any atom is 0.316 e. The standard InChI is InChI=1S/C15H24O4/c1-15(2,3)9-11(16)8-12(14(18)19-4)13(17)10-6-5-7-10/h10,12H,5-9H2,1-4H3. The molecule has 0 heterocycles. The minimum absolute atomic E-state index is 0.0146. The van der Waals surface area contributed by atoms with E-state index in [1.54, 1.807) is 0 Å². The molecule has 1 unspecified atom stereocenters. The number of esters is 1. The second kappa shape index (κ2) is 6.31. The van der Waals surface area contributed by atoms with E-state index >= 15 is 0 Å². The molecular weight excluding hydrogens is 244 g/mol. The number of carbonyl (C=O) groups excluding carboxylic acids is 3. The van der Waals surface area contributed by atoms with Gasteiger partial charge >= 0.3 is 5.97 Å². The van der Waals surface area contributed by atoms with E-state index in [1.165, 1.54) is 7.11 Å². The second-order valence-electron chi connectivity index (χ2n) is 6.59. The summed E-state index contributed by atoms with van der Waals surface area (Å²) in [4.78, 5) is 35.8. The van der Waals surface area contributed by atoms with Gasteiger partial charge in [0.05, 0.1) is 7.11 Å². The third-order valence-electron chi connectivity index (χ3n) is 3.50.